The Kier molecular flexibility index (Phi) is 3.99. The van der Waals surface area contributed by atoms with Crippen LogP contribution in [-0.2, 0) is 20.2 Å². The summed E-state index contributed by atoms with van der Waals surface area (Å²) in [5, 5.41) is 7.43. The zero-order valence-corrected chi connectivity index (χ0v) is 11.1. The monoisotopic (exact) mass is 245 g/mol. The van der Waals surface area contributed by atoms with Crippen LogP contribution in [0.15, 0.2) is 30.3 Å². The zero-order valence-electron chi connectivity index (χ0n) is 11.1. The van der Waals surface area contributed by atoms with Crippen LogP contribution in [0.5, 0.6) is 5.88 Å². The SMILES string of the molecule is CNCc1ccccc1COc1cc(C)nn1C. The molecular formula is C14H19N3O. The van der Waals surface area contributed by atoms with Crippen molar-refractivity contribution in [2.45, 2.75) is 20.1 Å². The third-order valence-corrected chi connectivity index (χ3v) is 2.82. The lowest BCUT2D eigenvalue weighted by Crippen LogP contribution is -2.09. The Labute approximate surface area is 108 Å². The summed E-state index contributed by atoms with van der Waals surface area (Å²) >= 11 is 0. The van der Waals surface area contributed by atoms with Crippen LogP contribution in [0, 0.1) is 6.92 Å². The molecule has 0 atom stereocenters. The summed E-state index contributed by atoms with van der Waals surface area (Å²) < 4.78 is 7.56. The summed E-state index contributed by atoms with van der Waals surface area (Å²) in [6.07, 6.45) is 0. The molecule has 1 heterocycles. The van der Waals surface area contributed by atoms with Crippen molar-refractivity contribution >= 4 is 0 Å². The molecule has 1 aromatic carbocycles. The van der Waals surface area contributed by atoms with Gasteiger partial charge >= 0.3 is 0 Å². The Morgan fingerprint density at radius 2 is 2.00 bits per heavy atom. The highest BCUT2D eigenvalue weighted by Gasteiger charge is 2.05. The first-order chi connectivity index (χ1) is 8.70. The van der Waals surface area contributed by atoms with E-state index in [0.29, 0.717) is 6.61 Å². The van der Waals surface area contributed by atoms with Gasteiger partial charge in [-0.25, -0.2) is 4.68 Å². The lowest BCUT2D eigenvalue weighted by atomic mass is 10.1. The Hall–Kier alpha value is -1.81. The molecule has 18 heavy (non-hydrogen) atoms. The Morgan fingerprint density at radius 3 is 2.61 bits per heavy atom. The molecule has 96 valence electrons. The van der Waals surface area contributed by atoms with Crippen LogP contribution < -0.4 is 10.1 Å². The lowest BCUT2D eigenvalue weighted by Gasteiger charge is -2.10. The minimum absolute atomic E-state index is 0.566. The van der Waals surface area contributed by atoms with Crippen LogP contribution in [0.3, 0.4) is 0 Å². The van der Waals surface area contributed by atoms with Crippen LogP contribution in [-0.4, -0.2) is 16.8 Å². The van der Waals surface area contributed by atoms with Gasteiger partial charge in [0.2, 0.25) is 5.88 Å². The Morgan fingerprint density at radius 1 is 1.28 bits per heavy atom. The van der Waals surface area contributed by atoms with Crippen molar-refractivity contribution in [3.05, 3.63) is 47.2 Å². The predicted octanol–water partition coefficient (Wildman–Crippen LogP) is 2.03. The summed E-state index contributed by atoms with van der Waals surface area (Å²) in [5.41, 5.74) is 3.43. The summed E-state index contributed by atoms with van der Waals surface area (Å²) in [5.74, 6) is 0.798. The Bertz CT molecular complexity index is 520. The van der Waals surface area contributed by atoms with E-state index in [9.17, 15) is 0 Å². The smallest absolute Gasteiger partial charge is 0.212 e. The van der Waals surface area contributed by atoms with Gasteiger partial charge in [0.25, 0.3) is 0 Å². The second kappa shape index (κ2) is 5.69. The molecule has 2 rings (SSSR count). The maximum atomic E-state index is 5.80. The van der Waals surface area contributed by atoms with Crippen LogP contribution in [0.4, 0.5) is 0 Å². The second-order valence-corrected chi connectivity index (χ2v) is 4.34. The maximum absolute atomic E-state index is 5.80. The fourth-order valence-corrected chi connectivity index (χ4v) is 1.93. The largest absolute Gasteiger partial charge is 0.473 e. The van der Waals surface area contributed by atoms with E-state index in [2.05, 4.69) is 22.5 Å². The lowest BCUT2D eigenvalue weighted by molar-refractivity contribution is 0.277. The molecule has 0 fully saturated rings. The molecule has 2 aromatic rings. The van der Waals surface area contributed by atoms with E-state index in [4.69, 9.17) is 4.74 Å². The van der Waals surface area contributed by atoms with Crippen molar-refractivity contribution in [2.24, 2.45) is 7.05 Å². The molecule has 4 nitrogen and oxygen atoms in total. The van der Waals surface area contributed by atoms with E-state index < -0.39 is 0 Å². The van der Waals surface area contributed by atoms with Gasteiger partial charge in [-0.2, -0.15) is 5.10 Å². The van der Waals surface area contributed by atoms with Crippen LogP contribution in [0.25, 0.3) is 0 Å². The van der Waals surface area contributed by atoms with Gasteiger partial charge in [-0.15, -0.1) is 0 Å². The molecule has 0 saturated carbocycles. The summed E-state index contributed by atoms with van der Waals surface area (Å²) in [4.78, 5) is 0. The quantitative estimate of drug-likeness (QED) is 0.876. The molecule has 0 aliphatic rings. The number of rotatable bonds is 5. The standard InChI is InChI=1S/C14H19N3O/c1-11-8-14(17(3)16-11)18-10-13-7-5-4-6-12(13)9-15-2/h4-8,15H,9-10H2,1-3H3. The molecule has 0 aliphatic heterocycles. The van der Waals surface area contributed by atoms with Gasteiger partial charge in [-0.3, -0.25) is 0 Å². The van der Waals surface area contributed by atoms with Crippen LogP contribution in [0.2, 0.25) is 0 Å². The van der Waals surface area contributed by atoms with Gasteiger partial charge < -0.3 is 10.1 Å². The van der Waals surface area contributed by atoms with E-state index in [-0.39, 0.29) is 0 Å². The van der Waals surface area contributed by atoms with Gasteiger partial charge in [0.05, 0.1) is 5.69 Å². The molecule has 0 radical (unpaired) electrons. The first-order valence-electron chi connectivity index (χ1n) is 6.05. The summed E-state index contributed by atoms with van der Waals surface area (Å²) in [7, 11) is 3.84. The number of nitrogens with one attached hydrogen (secondary N) is 1. The Balaban J connectivity index is 2.08. The number of aryl methyl sites for hydroxylation is 2. The number of hydrogen-bond acceptors (Lipinski definition) is 3. The molecule has 4 heteroatoms. The van der Waals surface area contributed by atoms with E-state index in [0.717, 1.165) is 18.1 Å². The first kappa shape index (κ1) is 12.6. The molecule has 0 amide bonds. The van der Waals surface area contributed by atoms with Gasteiger partial charge in [0.1, 0.15) is 6.61 Å². The normalized spacial score (nSPS) is 10.6. The highest BCUT2D eigenvalue weighted by Crippen LogP contribution is 2.15. The van der Waals surface area contributed by atoms with Crippen molar-refractivity contribution in [1.82, 2.24) is 15.1 Å². The molecular weight excluding hydrogens is 226 g/mol. The highest BCUT2D eigenvalue weighted by atomic mass is 16.5. The molecule has 1 aromatic heterocycles. The van der Waals surface area contributed by atoms with Crippen molar-refractivity contribution < 1.29 is 4.74 Å². The molecule has 0 spiro atoms. The highest BCUT2D eigenvalue weighted by molar-refractivity contribution is 5.27. The van der Waals surface area contributed by atoms with E-state index >= 15 is 0 Å². The van der Waals surface area contributed by atoms with E-state index in [1.165, 1.54) is 11.1 Å². The fourth-order valence-electron chi connectivity index (χ4n) is 1.93. The van der Waals surface area contributed by atoms with Crippen molar-refractivity contribution in [3.8, 4) is 5.88 Å². The summed E-state index contributed by atoms with van der Waals surface area (Å²) in [6.45, 7) is 3.38. The third kappa shape index (κ3) is 2.90. The molecule has 1 N–H and O–H groups in total. The topological polar surface area (TPSA) is 39.1 Å². The number of hydrogen-bond donors (Lipinski definition) is 1. The van der Waals surface area contributed by atoms with Gasteiger partial charge in [0, 0.05) is 19.7 Å². The second-order valence-electron chi connectivity index (χ2n) is 4.34. The molecule has 0 aliphatic carbocycles. The minimum Gasteiger partial charge on any atom is -0.473 e. The van der Waals surface area contributed by atoms with Crippen molar-refractivity contribution in [2.75, 3.05) is 7.05 Å². The van der Waals surface area contributed by atoms with Crippen LogP contribution in [0.1, 0.15) is 16.8 Å². The average molecular weight is 245 g/mol. The molecule has 0 bridgehead atoms. The summed E-state index contributed by atoms with van der Waals surface area (Å²) in [6, 6.07) is 10.2. The number of nitrogens with zero attached hydrogens (tertiary/aromatic N) is 2. The van der Waals surface area contributed by atoms with E-state index in [1.807, 2.05) is 39.2 Å². The number of aromatic nitrogens is 2. The van der Waals surface area contributed by atoms with Crippen molar-refractivity contribution in [1.29, 1.82) is 0 Å². The first-order valence-corrected chi connectivity index (χ1v) is 6.05. The van der Waals surface area contributed by atoms with Crippen LogP contribution >= 0.6 is 0 Å². The molecule has 0 unspecified atom stereocenters. The maximum Gasteiger partial charge on any atom is 0.212 e. The average Bonchev–Trinajstić information content (AvgIpc) is 2.67. The van der Waals surface area contributed by atoms with Gasteiger partial charge in [0.15, 0.2) is 0 Å². The molecule has 0 saturated heterocycles. The van der Waals surface area contributed by atoms with Crippen molar-refractivity contribution in [3.63, 3.8) is 0 Å². The fraction of sp³-hybridized carbons (Fsp3) is 0.357. The van der Waals surface area contributed by atoms with Gasteiger partial charge in [-0.05, 0) is 25.1 Å². The number of ether oxygens (including phenoxy) is 1. The minimum atomic E-state index is 0.566. The van der Waals surface area contributed by atoms with Gasteiger partial charge in [-0.1, -0.05) is 24.3 Å². The third-order valence-electron chi connectivity index (χ3n) is 2.82. The number of benzene rings is 1. The zero-order chi connectivity index (χ0) is 13.0. The van der Waals surface area contributed by atoms with E-state index in [1.54, 1.807) is 4.68 Å². The predicted molar refractivity (Wildman–Crippen MR) is 71.5 cm³/mol.